The van der Waals surface area contributed by atoms with Crippen molar-refractivity contribution in [2.45, 2.75) is 6.92 Å². The SMILES string of the molecule is C=CCN(CC(=O)O)c1ccnc(C(=O)NCC)c1. The molecule has 0 atom stereocenters. The number of nitrogens with zero attached hydrogens (tertiary/aromatic N) is 2. The van der Waals surface area contributed by atoms with Gasteiger partial charge in [0.25, 0.3) is 5.91 Å². The van der Waals surface area contributed by atoms with Crippen molar-refractivity contribution < 1.29 is 14.7 Å². The summed E-state index contributed by atoms with van der Waals surface area (Å²) in [6.07, 6.45) is 3.09. The number of hydrogen-bond donors (Lipinski definition) is 2. The van der Waals surface area contributed by atoms with E-state index >= 15 is 0 Å². The Labute approximate surface area is 111 Å². The van der Waals surface area contributed by atoms with E-state index in [2.05, 4.69) is 16.9 Å². The van der Waals surface area contributed by atoms with Gasteiger partial charge in [-0.25, -0.2) is 0 Å². The topological polar surface area (TPSA) is 82.5 Å². The average Bonchev–Trinajstić information content (AvgIpc) is 2.38. The number of anilines is 1. The lowest BCUT2D eigenvalue weighted by atomic mass is 10.2. The maximum absolute atomic E-state index is 11.7. The highest BCUT2D eigenvalue weighted by molar-refractivity contribution is 5.93. The molecule has 0 saturated heterocycles. The van der Waals surface area contributed by atoms with E-state index < -0.39 is 5.97 Å². The van der Waals surface area contributed by atoms with Crippen LogP contribution in [0.3, 0.4) is 0 Å². The van der Waals surface area contributed by atoms with Crippen molar-refractivity contribution in [1.29, 1.82) is 0 Å². The van der Waals surface area contributed by atoms with Gasteiger partial charge in [0.15, 0.2) is 0 Å². The maximum Gasteiger partial charge on any atom is 0.323 e. The highest BCUT2D eigenvalue weighted by Gasteiger charge is 2.12. The van der Waals surface area contributed by atoms with Gasteiger partial charge in [-0.15, -0.1) is 6.58 Å². The number of hydrogen-bond acceptors (Lipinski definition) is 4. The van der Waals surface area contributed by atoms with Crippen LogP contribution in [0.5, 0.6) is 0 Å². The van der Waals surface area contributed by atoms with Gasteiger partial charge in [-0.2, -0.15) is 0 Å². The molecule has 6 heteroatoms. The van der Waals surface area contributed by atoms with E-state index in [-0.39, 0.29) is 18.1 Å². The molecule has 0 aromatic carbocycles. The molecule has 1 amide bonds. The number of aromatic nitrogens is 1. The predicted molar refractivity (Wildman–Crippen MR) is 72.3 cm³/mol. The van der Waals surface area contributed by atoms with Gasteiger partial charge < -0.3 is 15.3 Å². The average molecular weight is 263 g/mol. The summed E-state index contributed by atoms with van der Waals surface area (Å²) in [5.41, 5.74) is 0.886. The van der Waals surface area contributed by atoms with Crippen molar-refractivity contribution in [3.63, 3.8) is 0 Å². The zero-order valence-corrected chi connectivity index (χ0v) is 10.8. The van der Waals surface area contributed by atoms with Crippen LogP contribution in [-0.4, -0.2) is 41.6 Å². The first kappa shape index (κ1) is 14.7. The molecule has 0 fully saturated rings. The molecule has 0 saturated carbocycles. The van der Waals surface area contributed by atoms with Crippen molar-refractivity contribution in [1.82, 2.24) is 10.3 Å². The van der Waals surface area contributed by atoms with Crippen LogP contribution in [-0.2, 0) is 4.79 Å². The molecule has 19 heavy (non-hydrogen) atoms. The first-order valence-electron chi connectivity index (χ1n) is 5.90. The summed E-state index contributed by atoms with van der Waals surface area (Å²) in [4.78, 5) is 28.0. The van der Waals surface area contributed by atoms with E-state index in [9.17, 15) is 9.59 Å². The molecule has 0 bridgehead atoms. The Morgan fingerprint density at radius 2 is 2.32 bits per heavy atom. The Balaban J connectivity index is 2.97. The zero-order chi connectivity index (χ0) is 14.3. The lowest BCUT2D eigenvalue weighted by Crippen LogP contribution is -2.30. The lowest BCUT2D eigenvalue weighted by Gasteiger charge is -2.21. The summed E-state index contributed by atoms with van der Waals surface area (Å²) < 4.78 is 0. The van der Waals surface area contributed by atoms with Gasteiger partial charge in [0.2, 0.25) is 0 Å². The fraction of sp³-hybridized carbons (Fsp3) is 0.308. The van der Waals surface area contributed by atoms with Gasteiger partial charge in [0.05, 0.1) is 0 Å². The fourth-order valence-electron chi connectivity index (χ4n) is 1.57. The van der Waals surface area contributed by atoms with Gasteiger partial charge in [0.1, 0.15) is 12.2 Å². The minimum absolute atomic E-state index is 0.162. The van der Waals surface area contributed by atoms with Crippen molar-refractivity contribution in [3.8, 4) is 0 Å². The van der Waals surface area contributed by atoms with E-state index in [1.54, 1.807) is 23.1 Å². The second-order valence-corrected chi connectivity index (χ2v) is 3.82. The molecule has 1 aromatic rings. The Morgan fingerprint density at radius 3 is 2.89 bits per heavy atom. The monoisotopic (exact) mass is 263 g/mol. The predicted octanol–water partition coefficient (Wildman–Crippen LogP) is 0.908. The molecule has 0 radical (unpaired) electrons. The van der Waals surface area contributed by atoms with Crippen LogP contribution in [0.4, 0.5) is 5.69 Å². The number of aliphatic carboxylic acids is 1. The minimum Gasteiger partial charge on any atom is -0.480 e. The molecular weight excluding hydrogens is 246 g/mol. The molecule has 1 aromatic heterocycles. The van der Waals surface area contributed by atoms with Crippen LogP contribution in [0.1, 0.15) is 17.4 Å². The Morgan fingerprint density at radius 1 is 1.58 bits per heavy atom. The van der Waals surface area contributed by atoms with Crippen LogP contribution in [0, 0.1) is 0 Å². The third-order valence-electron chi connectivity index (χ3n) is 2.35. The first-order chi connectivity index (χ1) is 9.08. The van der Waals surface area contributed by atoms with Crippen LogP contribution in [0.15, 0.2) is 31.0 Å². The zero-order valence-electron chi connectivity index (χ0n) is 10.8. The van der Waals surface area contributed by atoms with E-state index in [0.29, 0.717) is 18.8 Å². The van der Waals surface area contributed by atoms with Gasteiger partial charge in [-0.05, 0) is 19.1 Å². The van der Waals surface area contributed by atoms with Gasteiger partial charge in [-0.3, -0.25) is 14.6 Å². The number of carbonyl (C=O) groups is 2. The summed E-state index contributed by atoms with van der Waals surface area (Å²) in [6.45, 7) is 6.13. The second-order valence-electron chi connectivity index (χ2n) is 3.82. The van der Waals surface area contributed by atoms with Crippen molar-refractivity contribution in [3.05, 3.63) is 36.7 Å². The third kappa shape index (κ3) is 4.42. The highest BCUT2D eigenvalue weighted by Crippen LogP contribution is 2.14. The number of carbonyl (C=O) groups excluding carboxylic acids is 1. The van der Waals surface area contributed by atoms with Crippen LogP contribution < -0.4 is 10.2 Å². The Kier molecular flexibility index (Phi) is 5.53. The van der Waals surface area contributed by atoms with Crippen LogP contribution >= 0.6 is 0 Å². The standard InChI is InChI=1S/C13H17N3O3/c1-3-7-16(9-12(17)18)10-5-6-15-11(8-10)13(19)14-4-2/h3,5-6,8H,1,4,7,9H2,2H3,(H,14,19)(H,17,18). The summed E-state index contributed by atoms with van der Waals surface area (Å²) in [5, 5.41) is 11.5. The summed E-state index contributed by atoms with van der Waals surface area (Å²) in [5.74, 6) is -1.23. The molecule has 0 unspecified atom stereocenters. The Hall–Kier alpha value is -2.37. The molecule has 102 valence electrons. The summed E-state index contributed by atoms with van der Waals surface area (Å²) >= 11 is 0. The fourth-order valence-corrected chi connectivity index (χ4v) is 1.57. The largest absolute Gasteiger partial charge is 0.480 e. The number of carboxylic acid groups (broad SMARTS) is 1. The highest BCUT2D eigenvalue weighted by atomic mass is 16.4. The van der Waals surface area contributed by atoms with Gasteiger partial charge >= 0.3 is 5.97 Å². The first-order valence-corrected chi connectivity index (χ1v) is 5.90. The summed E-state index contributed by atoms with van der Waals surface area (Å²) in [7, 11) is 0. The molecule has 1 rings (SSSR count). The van der Waals surface area contributed by atoms with Crippen molar-refractivity contribution >= 4 is 17.6 Å². The van der Waals surface area contributed by atoms with Crippen LogP contribution in [0.25, 0.3) is 0 Å². The number of nitrogens with one attached hydrogen (secondary N) is 1. The smallest absolute Gasteiger partial charge is 0.323 e. The van der Waals surface area contributed by atoms with Crippen molar-refractivity contribution in [2.75, 3.05) is 24.5 Å². The van der Waals surface area contributed by atoms with Gasteiger partial charge in [0, 0.05) is 25.0 Å². The maximum atomic E-state index is 11.7. The van der Waals surface area contributed by atoms with E-state index in [1.807, 2.05) is 6.92 Å². The van der Waals surface area contributed by atoms with Gasteiger partial charge in [-0.1, -0.05) is 6.08 Å². The lowest BCUT2D eigenvalue weighted by molar-refractivity contribution is -0.135. The van der Waals surface area contributed by atoms with E-state index in [0.717, 1.165) is 0 Å². The van der Waals surface area contributed by atoms with Crippen LogP contribution in [0.2, 0.25) is 0 Å². The molecule has 0 aliphatic heterocycles. The molecule has 6 nitrogen and oxygen atoms in total. The molecule has 0 spiro atoms. The quantitative estimate of drug-likeness (QED) is 0.714. The molecule has 0 aliphatic carbocycles. The molecular formula is C13H17N3O3. The van der Waals surface area contributed by atoms with E-state index in [1.165, 1.54) is 6.20 Å². The Bertz CT molecular complexity index is 474. The number of pyridine rings is 1. The molecule has 1 heterocycles. The second kappa shape index (κ2) is 7.15. The minimum atomic E-state index is -0.946. The molecule has 0 aliphatic rings. The number of amides is 1. The van der Waals surface area contributed by atoms with Crippen molar-refractivity contribution in [2.24, 2.45) is 0 Å². The van der Waals surface area contributed by atoms with E-state index in [4.69, 9.17) is 5.11 Å². The molecule has 2 N–H and O–H groups in total. The third-order valence-corrected chi connectivity index (χ3v) is 2.35. The summed E-state index contributed by atoms with van der Waals surface area (Å²) in [6, 6.07) is 3.23. The number of carboxylic acids is 1. The normalized spacial score (nSPS) is 9.74. The number of rotatable bonds is 7.